The molecule has 0 fully saturated rings. The van der Waals surface area contributed by atoms with E-state index in [1.165, 1.54) is 4.68 Å². The molecule has 0 aliphatic rings. The molecule has 0 aliphatic carbocycles. The van der Waals surface area contributed by atoms with E-state index in [4.69, 9.17) is 0 Å². The number of halogens is 1. The number of benzene rings is 1. The molecule has 0 saturated carbocycles. The molecule has 0 amide bonds. The Morgan fingerprint density at radius 3 is 2.75 bits per heavy atom. The first-order valence-corrected chi connectivity index (χ1v) is 5.42. The van der Waals surface area contributed by atoms with Crippen molar-refractivity contribution in [3.05, 3.63) is 34.4 Å². The van der Waals surface area contributed by atoms with Crippen LogP contribution in [0.1, 0.15) is 18.6 Å². The molecule has 0 aliphatic heterocycles. The van der Waals surface area contributed by atoms with Crippen molar-refractivity contribution in [1.82, 2.24) is 5.27 Å². The van der Waals surface area contributed by atoms with E-state index in [9.17, 15) is 10.2 Å². The Hall–Kier alpha value is -1.40. The zero-order chi connectivity index (χ0) is 11.7. The molecule has 5 nitrogen and oxygen atoms in total. The van der Waals surface area contributed by atoms with Crippen molar-refractivity contribution in [3.63, 3.8) is 0 Å². The van der Waals surface area contributed by atoms with Crippen LogP contribution in [0.4, 0.5) is 0 Å². The van der Waals surface area contributed by atoms with Gasteiger partial charge in [-0.15, -0.1) is 0 Å². The lowest BCUT2D eigenvalue weighted by molar-refractivity contribution is -0.681. The molecule has 1 unspecified atom stereocenters. The van der Waals surface area contributed by atoms with Crippen molar-refractivity contribution < 1.29 is 19.4 Å². The van der Waals surface area contributed by atoms with Crippen molar-refractivity contribution in [2.24, 2.45) is 0 Å². The average Bonchev–Trinajstić information content (AvgIpc) is 2.60. The van der Waals surface area contributed by atoms with Crippen molar-refractivity contribution in [2.75, 3.05) is 0 Å². The number of nitrogens with zero attached hydrogens (tertiary/aromatic N) is 2. The first kappa shape index (κ1) is 11.1. The van der Waals surface area contributed by atoms with Crippen molar-refractivity contribution in [2.45, 2.75) is 13.0 Å². The van der Waals surface area contributed by atoms with Gasteiger partial charge in [0.05, 0.1) is 16.9 Å². The Kier molecular flexibility index (Phi) is 2.93. The molecule has 1 N–H and O–H groups in total. The van der Waals surface area contributed by atoms with E-state index in [1.807, 2.05) is 0 Å². The predicted octanol–water partition coefficient (Wildman–Crippen LogP) is 0.841. The Morgan fingerprint density at radius 1 is 1.50 bits per heavy atom. The van der Waals surface area contributed by atoms with Crippen LogP contribution in [0.3, 0.4) is 0 Å². The third-order valence-corrected chi connectivity index (χ3v) is 2.83. The van der Waals surface area contributed by atoms with Gasteiger partial charge in [-0.25, -0.2) is 0 Å². The summed E-state index contributed by atoms with van der Waals surface area (Å²) >= 11 is 3.08. The van der Waals surface area contributed by atoms with E-state index in [-0.39, 0.29) is 4.60 Å². The third-order valence-electron chi connectivity index (χ3n) is 2.17. The lowest BCUT2D eigenvalue weighted by Gasteiger charge is -2.04. The fourth-order valence-electron chi connectivity index (χ4n) is 1.42. The highest BCUT2D eigenvalue weighted by Crippen LogP contribution is 2.21. The predicted molar refractivity (Wildman–Crippen MR) is 55.8 cm³/mol. The highest BCUT2D eigenvalue weighted by atomic mass is 79.9. The van der Waals surface area contributed by atoms with Gasteiger partial charge in [0.15, 0.2) is 5.95 Å². The second-order valence-corrected chi connectivity index (χ2v) is 4.05. The summed E-state index contributed by atoms with van der Waals surface area (Å²) in [5.74, 6) is -0.555. The Labute approximate surface area is 100 Å². The Bertz CT molecular complexity index is 511. The normalized spacial score (nSPS) is 12.7. The SMILES string of the molecule is CC(O)c1ccccc1-[n+]1noc([O-])c1Br. The van der Waals surface area contributed by atoms with Gasteiger partial charge in [0.1, 0.15) is 0 Å². The molecule has 0 spiro atoms. The molecule has 6 heteroatoms. The van der Waals surface area contributed by atoms with Crippen LogP contribution in [0.15, 0.2) is 33.4 Å². The fourth-order valence-corrected chi connectivity index (χ4v) is 1.75. The number of rotatable bonds is 2. The second-order valence-electron chi connectivity index (χ2n) is 3.30. The summed E-state index contributed by atoms with van der Waals surface area (Å²) in [5, 5.41) is 24.3. The lowest BCUT2D eigenvalue weighted by Crippen LogP contribution is -2.35. The van der Waals surface area contributed by atoms with Crippen LogP contribution < -0.4 is 9.79 Å². The zero-order valence-electron chi connectivity index (χ0n) is 8.42. The molecule has 1 aromatic carbocycles. The van der Waals surface area contributed by atoms with Gasteiger partial charge in [0.25, 0.3) is 0 Å². The van der Waals surface area contributed by atoms with Gasteiger partial charge in [-0.2, -0.15) is 0 Å². The van der Waals surface area contributed by atoms with E-state index >= 15 is 0 Å². The summed E-state index contributed by atoms with van der Waals surface area (Å²) in [4.78, 5) is 0. The summed E-state index contributed by atoms with van der Waals surface area (Å²) in [7, 11) is 0. The quantitative estimate of drug-likeness (QED) is 0.830. The van der Waals surface area contributed by atoms with Gasteiger partial charge in [0.2, 0.25) is 5.69 Å². The molecule has 1 atom stereocenters. The van der Waals surface area contributed by atoms with Crippen LogP contribution in [0.25, 0.3) is 5.69 Å². The molecular formula is C10H9BrN2O3. The maximum absolute atomic E-state index is 11.1. The molecule has 1 aromatic heterocycles. The Morgan fingerprint density at radius 2 is 2.19 bits per heavy atom. The minimum Gasteiger partial charge on any atom is -0.538 e. The third kappa shape index (κ3) is 1.81. The van der Waals surface area contributed by atoms with E-state index in [0.29, 0.717) is 11.3 Å². The van der Waals surface area contributed by atoms with Crippen LogP contribution in [-0.4, -0.2) is 10.4 Å². The van der Waals surface area contributed by atoms with Crippen LogP contribution in [0.2, 0.25) is 0 Å². The largest absolute Gasteiger partial charge is 0.538 e. The maximum Gasteiger partial charge on any atom is 0.305 e. The molecule has 0 bridgehead atoms. The second kappa shape index (κ2) is 4.23. The van der Waals surface area contributed by atoms with Crippen molar-refractivity contribution in [1.29, 1.82) is 0 Å². The standard InChI is InChI=1S/C10H9BrN2O3/c1-6(14)7-4-2-3-5-8(7)13-9(11)10(15)16-12-13/h2-6,14H,1H3. The fraction of sp³-hybridized carbons (Fsp3) is 0.200. The summed E-state index contributed by atoms with van der Waals surface area (Å²) < 4.78 is 6.02. The van der Waals surface area contributed by atoms with Crippen LogP contribution in [-0.2, 0) is 0 Å². The average molecular weight is 285 g/mol. The molecule has 0 radical (unpaired) electrons. The minimum atomic E-state index is -0.651. The zero-order valence-corrected chi connectivity index (χ0v) is 10.0. The summed E-state index contributed by atoms with van der Waals surface area (Å²) in [6.45, 7) is 1.64. The minimum absolute atomic E-state index is 0.195. The smallest absolute Gasteiger partial charge is 0.305 e. The highest BCUT2D eigenvalue weighted by molar-refractivity contribution is 9.10. The van der Waals surface area contributed by atoms with Crippen LogP contribution >= 0.6 is 15.9 Å². The first-order chi connectivity index (χ1) is 7.61. The van der Waals surface area contributed by atoms with Gasteiger partial charge < -0.3 is 14.7 Å². The van der Waals surface area contributed by atoms with Gasteiger partial charge in [0, 0.05) is 22.0 Å². The van der Waals surface area contributed by atoms with Gasteiger partial charge in [-0.3, -0.25) is 0 Å². The molecule has 2 aromatic rings. The molecule has 0 saturated heterocycles. The molecule has 84 valence electrons. The van der Waals surface area contributed by atoms with Gasteiger partial charge in [-0.05, 0) is 17.7 Å². The van der Waals surface area contributed by atoms with E-state index in [0.717, 1.165) is 0 Å². The number of aliphatic hydroxyl groups is 1. The summed E-state index contributed by atoms with van der Waals surface area (Å²) in [6.07, 6.45) is -0.651. The molecule has 1 heterocycles. The van der Waals surface area contributed by atoms with Crippen molar-refractivity contribution >= 4 is 15.9 Å². The molecule has 2 rings (SSSR count). The Balaban J connectivity index is 2.60. The number of hydrogen-bond acceptors (Lipinski definition) is 4. The van der Waals surface area contributed by atoms with Crippen molar-refractivity contribution in [3.8, 4) is 11.6 Å². The number of hydrogen-bond donors (Lipinski definition) is 1. The molecular weight excluding hydrogens is 276 g/mol. The maximum atomic E-state index is 11.1. The van der Waals surface area contributed by atoms with E-state index in [2.05, 4.69) is 25.7 Å². The van der Waals surface area contributed by atoms with Crippen LogP contribution in [0, 0.1) is 0 Å². The monoisotopic (exact) mass is 284 g/mol. The van der Waals surface area contributed by atoms with Crippen LogP contribution in [0.5, 0.6) is 5.95 Å². The first-order valence-electron chi connectivity index (χ1n) is 4.63. The summed E-state index contributed by atoms with van der Waals surface area (Å²) in [6, 6.07) is 7.10. The van der Waals surface area contributed by atoms with Gasteiger partial charge >= 0.3 is 4.60 Å². The van der Waals surface area contributed by atoms with Gasteiger partial charge in [-0.1, -0.05) is 12.1 Å². The number of aliphatic hydroxyl groups excluding tert-OH is 1. The highest BCUT2D eigenvalue weighted by Gasteiger charge is 2.22. The van der Waals surface area contributed by atoms with E-state index < -0.39 is 12.1 Å². The molecule has 16 heavy (non-hydrogen) atoms. The number of aromatic nitrogens is 2. The summed E-state index contributed by atoms with van der Waals surface area (Å²) in [5.41, 5.74) is 1.27. The lowest BCUT2D eigenvalue weighted by atomic mass is 10.1. The topological polar surface area (TPSA) is 73.2 Å². The van der Waals surface area contributed by atoms with E-state index in [1.54, 1.807) is 31.2 Å². The number of para-hydroxylation sites is 1.